The fourth-order valence-electron chi connectivity index (χ4n) is 2.27. The fourth-order valence-corrected chi connectivity index (χ4v) is 2.27. The molecule has 0 bridgehead atoms. The monoisotopic (exact) mass is 412 g/mol. The van der Waals surface area contributed by atoms with E-state index in [0.29, 0.717) is 22.6 Å². The molecule has 1 amide bonds. The van der Waals surface area contributed by atoms with Gasteiger partial charge in [0.15, 0.2) is 12.4 Å². The molecule has 0 radical (unpaired) electrons. The number of nitrogens with one attached hydrogen (secondary N) is 1. The second-order valence-electron chi connectivity index (χ2n) is 6.31. The van der Waals surface area contributed by atoms with Crippen molar-refractivity contribution in [2.24, 2.45) is 10.3 Å². The summed E-state index contributed by atoms with van der Waals surface area (Å²) in [4.78, 5) is 35.5. The molecule has 30 heavy (non-hydrogen) atoms. The molecule has 9 nitrogen and oxygen atoms in total. The van der Waals surface area contributed by atoms with Crippen LogP contribution in [-0.4, -0.2) is 56.5 Å². The van der Waals surface area contributed by atoms with Crippen molar-refractivity contribution in [2.45, 2.75) is 6.92 Å². The first-order valence-corrected chi connectivity index (χ1v) is 9.28. The Kier molecular flexibility index (Phi) is 8.49. The summed E-state index contributed by atoms with van der Waals surface area (Å²) >= 11 is 0. The van der Waals surface area contributed by atoms with E-state index in [1.807, 2.05) is 0 Å². The van der Waals surface area contributed by atoms with Crippen molar-refractivity contribution in [3.05, 3.63) is 59.7 Å². The van der Waals surface area contributed by atoms with Crippen molar-refractivity contribution in [1.82, 2.24) is 10.3 Å². The quantitative estimate of drug-likeness (QED) is 0.278. The molecule has 2 rings (SSSR count). The SMILES string of the molecule is CCOC(=O)CNC(=O)COc1ccc(C(=O)c2ccc(/N=N/N(C)C)cc2)cc1. The minimum absolute atomic E-state index is 0.148. The lowest BCUT2D eigenvalue weighted by Crippen LogP contribution is -2.34. The molecule has 0 spiro atoms. The average Bonchev–Trinajstić information content (AvgIpc) is 2.75. The van der Waals surface area contributed by atoms with Gasteiger partial charge in [0.1, 0.15) is 12.3 Å². The standard InChI is InChI=1S/C21H24N4O5/c1-4-29-20(27)13-22-19(26)14-30-18-11-7-16(8-12-18)21(28)15-5-9-17(10-6-15)23-24-25(2)3/h5-12H,4,13-14H2,1-3H3,(H,22,26)/b24-23+. The number of carbonyl (C=O) groups is 3. The maximum absolute atomic E-state index is 12.6. The first-order valence-electron chi connectivity index (χ1n) is 9.28. The summed E-state index contributed by atoms with van der Waals surface area (Å²) in [6.07, 6.45) is 0. The third-order valence-electron chi connectivity index (χ3n) is 3.69. The highest BCUT2D eigenvalue weighted by Gasteiger charge is 2.10. The van der Waals surface area contributed by atoms with E-state index in [0.717, 1.165) is 0 Å². The topological polar surface area (TPSA) is 110 Å². The molecule has 0 saturated carbocycles. The van der Waals surface area contributed by atoms with Crippen LogP contribution < -0.4 is 10.1 Å². The van der Waals surface area contributed by atoms with Crippen LogP contribution in [0.5, 0.6) is 5.75 Å². The first kappa shape index (κ1) is 22.5. The van der Waals surface area contributed by atoms with Gasteiger partial charge >= 0.3 is 5.97 Å². The zero-order valence-electron chi connectivity index (χ0n) is 17.1. The molecule has 0 fully saturated rings. The van der Waals surface area contributed by atoms with Crippen molar-refractivity contribution >= 4 is 23.3 Å². The highest BCUT2D eigenvalue weighted by molar-refractivity contribution is 6.09. The van der Waals surface area contributed by atoms with Gasteiger partial charge in [-0.2, -0.15) is 0 Å². The lowest BCUT2D eigenvalue weighted by Gasteiger charge is -2.08. The van der Waals surface area contributed by atoms with Gasteiger partial charge in [-0.3, -0.25) is 19.4 Å². The number of hydrogen-bond acceptors (Lipinski definition) is 7. The van der Waals surface area contributed by atoms with Crippen molar-refractivity contribution in [3.63, 3.8) is 0 Å². The first-order chi connectivity index (χ1) is 14.4. The molecule has 0 heterocycles. The number of ether oxygens (including phenoxy) is 2. The van der Waals surface area contributed by atoms with Crippen LogP contribution in [0.15, 0.2) is 58.9 Å². The van der Waals surface area contributed by atoms with Crippen LogP contribution in [0.1, 0.15) is 22.8 Å². The lowest BCUT2D eigenvalue weighted by atomic mass is 10.0. The Morgan fingerprint density at radius 1 is 0.967 bits per heavy atom. The van der Waals surface area contributed by atoms with Crippen LogP contribution in [-0.2, 0) is 14.3 Å². The van der Waals surface area contributed by atoms with E-state index >= 15 is 0 Å². The number of nitrogens with zero attached hydrogens (tertiary/aromatic N) is 3. The molecule has 0 aromatic heterocycles. The Hall–Kier alpha value is -3.75. The number of amides is 1. The van der Waals surface area contributed by atoms with Crippen LogP contribution >= 0.6 is 0 Å². The molecule has 1 N–H and O–H groups in total. The number of carbonyl (C=O) groups excluding carboxylic acids is 3. The molecule has 9 heteroatoms. The van der Waals surface area contributed by atoms with Gasteiger partial charge in [-0.25, -0.2) is 0 Å². The maximum atomic E-state index is 12.6. The lowest BCUT2D eigenvalue weighted by molar-refractivity contribution is -0.143. The Balaban J connectivity index is 1.88. The second kappa shape index (κ2) is 11.3. The van der Waals surface area contributed by atoms with Gasteiger partial charge in [-0.15, -0.1) is 5.11 Å². The van der Waals surface area contributed by atoms with Gasteiger partial charge < -0.3 is 14.8 Å². The zero-order chi connectivity index (χ0) is 21.9. The third kappa shape index (κ3) is 7.34. The van der Waals surface area contributed by atoms with Crippen molar-refractivity contribution < 1.29 is 23.9 Å². The number of hydrogen-bond donors (Lipinski definition) is 1. The molecule has 0 aliphatic heterocycles. The molecule has 0 unspecified atom stereocenters. The molecule has 2 aromatic rings. The van der Waals surface area contributed by atoms with Gasteiger partial charge in [0.05, 0.1) is 12.3 Å². The molecule has 0 saturated heterocycles. The highest BCUT2D eigenvalue weighted by atomic mass is 16.5. The predicted octanol–water partition coefficient (Wildman–Crippen LogP) is 2.54. The molecule has 0 aliphatic carbocycles. The summed E-state index contributed by atoms with van der Waals surface area (Å²) < 4.78 is 10.1. The molecule has 0 aliphatic rings. The smallest absolute Gasteiger partial charge is 0.325 e. The fraction of sp³-hybridized carbons (Fsp3) is 0.286. The van der Waals surface area contributed by atoms with E-state index in [1.165, 1.54) is 0 Å². The summed E-state index contributed by atoms with van der Waals surface area (Å²) in [6.45, 7) is 1.47. The molecule has 0 atom stereocenters. The number of benzene rings is 2. The van der Waals surface area contributed by atoms with Crippen molar-refractivity contribution in [2.75, 3.05) is 33.9 Å². The molecular formula is C21H24N4O5. The molecular weight excluding hydrogens is 388 g/mol. The van der Waals surface area contributed by atoms with E-state index < -0.39 is 11.9 Å². The van der Waals surface area contributed by atoms with E-state index in [1.54, 1.807) is 74.6 Å². The van der Waals surface area contributed by atoms with Crippen molar-refractivity contribution in [1.29, 1.82) is 0 Å². The van der Waals surface area contributed by atoms with Crippen LogP contribution in [0.3, 0.4) is 0 Å². The van der Waals surface area contributed by atoms with E-state index in [-0.39, 0.29) is 25.5 Å². The van der Waals surface area contributed by atoms with Gasteiger partial charge in [0.2, 0.25) is 0 Å². The second-order valence-corrected chi connectivity index (χ2v) is 6.31. The summed E-state index contributed by atoms with van der Waals surface area (Å²) in [5.74, 6) is -0.681. The van der Waals surface area contributed by atoms with Gasteiger partial charge in [-0.05, 0) is 55.5 Å². The van der Waals surface area contributed by atoms with E-state index in [2.05, 4.69) is 15.7 Å². The van der Waals surface area contributed by atoms with Crippen LogP contribution in [0.4, 0.5) is 5.69 Å². The zero-order valence-corrected chi connectivity index (χ0v) is 17.1. The van der Waals surface area contributed by atoms with Crippen molar-refractivity contribution in [3.8, 4) is 5.75 Å². The van der Waals surface area contributed by atoms with E-state index in [4.69, 9.17) is 9.47 Å². The molecule has 158 valence electrons. The minimum Gasteiger partial charge on any atom is -0.484 e. The predicted molar refractivity (Wildman–Crippen MR) is 110 cm³/mol. The summed E-state index contributed by atoms with van der Waals surface area (Å²) in [7, 11) is 3.54. The van der Waals surface area contributed by atoms with E-state index in [9.17, 15) is 14.4 Å². The van der Waals surface area contributed by atoms with Gasteiger partial charge in [-0.1, -0.05) is 5.22 Å². The van der Waals surface area contributed by atoms with Gasteiger partial charge in [0.25, 0.3) is 5.91 Å². The van der Waals surface area contributed by atoms with Crippen LogP contribution in [0.2, 0.25) is 0 Å². The van der Waals surface area contributed by atoms with Crippen LogP contribution in [0.25, 0.3) is 0 Å². The molecule has 2 aromatic carbocycles. The number of ketones is 1. The third-order valence-corrected chi connectivity index (χ3v) is 3.69. The maximum Gasteiger partial charge on any atom is 0.325 e. The Bertz CT molecular complexity index is 893. The summed E-state index contributed by atoms with van der Waals surface area (Å²) in [5, 5.41) is 11.9. The number of esters is 1. The largest absolute Gasteiger partial charge is 0.484 e. The number of rotatable bonds is 10. The normalized spacial score (nSPS) is 10.5. The Labute approximate surface area is 174 Å². The van der Waals surface area contributed by atoms with Crippen LogP contribution in [0, 0.1) is 0 Å². The summed E-state index contributed by atoms with van der Waals surface area (Å²) in [5.41, 5.74) is 1.65. The average molecular weight is 412 g/mol. The minimum atomic E-state index is -0.512. The van der Waals surface area contributed by atoms with Gasteiger partial charge in [0, 0.05) is 25.2 Å². The highest BCUT2D eigenvalue weighted by Crippen LogP contribution is 2.18. The Morgan fingerprint density at radius 3 is 2.13 bits per heavy atom. The Morgan fingerprint density at radius 2 is 1.57 bits per heavy atom. The summed E-state index contributed by atoms with van der Waals surface area (Å²) in [6, 6.07) is 13.2.